The first-order chi connectivity index (χ1) is 8.34. The summed E-state index contributed by atoms with van der Waals surface area (Å²) in [6, 6.07) is 8.12. The highest BCUT2D eigenvalue weighted by atomic mass is 16.5. The molecule has 0 unspecified atom stereocenters. The molecule has 0 spiro atoms. The summed E-state index contributed by atoms with van der Waals surface area (Å²) in [5, 5.41) is 0. The largest absolute Gasteiger partial charge is 0.381 e. The minimum absolute atomic E-state index is 0.248. The lowest BCUT2D eigenvalue weighted by Gasteiger charge is -2.27. The Morgan fingerprint density at radius 2 is 2.00 bits per heavy atom. The van der Waals surface area contributed by atoms with Crippen molar-refractivity contribution in [3.8, 4) is 0 Å². The molecule has 0 bridgehead atoms. The highest BCUT2D eigenvalue weighted by Crippen LogP contribution is 2.30. The highest BCUT2D eigenvalue weighted by molar-refractivity contribution is 6.01. The zero-order chi connectivity index (χ0) is 11.7. The number of para-hydroxylation sites is 1. The molecule has 0 saturated carbocycles. The van der Waals surface area contributed by atoms with Crippen LogP contribution in [0.1, 0.15) is 18.4 Å². The first kappa shape index (κ1) is 10.8. The van der Waals surface area contributed by atoms with Crippen molar-refractivity contribution in [2.75, 3.05) is 24.7 Å². The number of amides is 1. The number of nitrogens with zero attached hydrogens (tertiary/aromatic N) is 1. The van der Waals surface area contributed by atoms with Crippen molar-refractivity contribution in [1.29, 1.82) is 0 Å². The number of hydrogen-bond donors (Lipinski definition) is 0. The molecule has 0 aromatic heterocycles. The van der Waals surface area contributed by atoms with Crippen molar-refractivity contribution in [1.82, 2.24) is 0 Å². The zero-order valence-electron chi connectivity index (χ0n) is 9.89. The van der Waals surface area contributed by atoms with Crippen LogP contribution < -0.4 is 4.90 Å². The number of carbonyl (C=O) groups is 1. The molecule has 1 fully saturated rings. The van der Waals surface area contributed by atoms with Crippen molar-refractivity contribution in [2.24, 2.45) is 5.92 Å². The minimum Gasteiger partial charge on any atom is -0.381 e. The fraction of sp³-hybridized carbons (Fsp3) is 0.500. The van der Waals surface area contributed by atoms with E-state index in [4.69, 9.17) is 4.74 Å². The van der Waals surface area contributed by atoms with Gasteiger partial charge in [-0.05, 0) is 30.4 Å². The van der Waals surface area contributed by atoms with Gasteiger partial charge in [0, 0.05) is 25.4 Å². The molecular formula is C14H17NO2. The first-order valence-corrected chi connectivity index (χ1v) is 6.30. The van der Waals surface area contributed by atoms with Gasteiger partial charge in [0.25, 0.3) is 0 Å². The quantitative estimate of drug-likeness (QED) is 0.779. The summed E-state index contributed by atoms with van der Waals surface area (Å²) in [7, 11) is 0. The monoisotopic (exact) mass is 231 g/mol. The molecule has 3 heteroatoms. The number of rotatable bonds is 2. The predicted octanol–water partition coefficient (Wildman–Crippen LogP) is 2.00. The van der Waals surface area contributed by atoms with Crippen molar-refractivity contribution in [3.63, 3.8) is 0 Å². The summed E-state index contributed by atoms with van der Waals surface area (Å²) in [5.74, 6) is 0.844. The molecule has 90 valence electrons. The van der Waals surface area contributed by atoms with Crippen LogP contribution in [0.15, 0.2) is 24.3 Å². The predicted molar refractivity (Wildman–Crippen MR) is 66.0 cm³/mol. The van der Waals surface area contributed by atoms with Crippen LogP contribution >= 0.6 is 0 Å². The Kier molecular flexibility index (Phi) is 2.85. The van der Waals surface area contributed by atoms with E-state index in [-0.39, 0.29) is 5.91 Å². The fourth-order valence-corrected chi connectivity index (χ4v) is 2.70. The van der Waals surface area contributed by atoms with Crippen LogP contribution in [-0.2, 0) is 16.0 Å². The standard InChI is InChI=1S/C14H17NO2/c16-14-9-12-3-1-2-4-13(12)15(14)10-11-5-7-17-8-6-11/h1-4,11H,5-10H2. The average Bonchev–Trinajstić information content (AvgIpc) is 2.68. The first-order valence-electron chi connectivity index (χ1n) is 6.30. The molecule has 2 aliphatic heterocycles. The molecule has 1 saturated heterocycles. The molecule has 1 aromatic rings. The van der Waals surface area contributed by atoms with Gasteiger partial charge in [-0.25, -0.2) is 0 Å². The molecule has 0 atom stereocenters. The lowest BCUT2D eigenvalue weighted by Crippen LogP contribution is -2.34. The lowest BCUT2D eigenvalue weighted by molar-refractivity contribution is -0.117. The molecule has 3 rings (SSSR count). The summed E-state index contributed by atoms with van der Waals surface area (Å²) in [5.41, 5.74) is 2.29. The Labute approximate surface area is 101 Å². The molecule has 3 nitrogen and oxygen atoms in total. The molecule has 17 heavy (non-hydrogen) atoms. The maximum absolute atomic E-state index is 12.0. The van der Waals surface area contributed by atoms with Gasteiger partial charge in [0.1, 0.15) is 0 Å². The third-order valence-corrected chi connectivity index (χ3v) is 3.71. The Balaban J connectivity index is 1.76. The average molecular weight is 231 g/mol. The number of carbonyl (C=O) groups excluding carboxylic acids is 1. The van der Waals surface area contributed by atoms with Crippen LogP contribution in [0.2, 0.25) is 0 Å². The van der Waals surface area contributed by atoms with E-state index in [1.165, 1.54) is 5.56 Å². The van der Waals surface area contributed by atoms with Crippen LogP contribution in [0.5, 0.6) is 0 Å². The van der Waals surface area contributed by atoms with E-state index >= 15 is 0 Å². The Hall–Kier alpha value is -1.35. The highest BCUT2D eigenvalue weighted by Gasteiger charge is 2.29. The smallest absolute Gasteiger partial charge is 0.231 e. The topological polar surface area (TPSA) is 29.5 Å². The van der Waals surface area contributed by atoms with Crippen molar-refractivity contribution < 1.29 is 9.53 Å². The van der Waals surface area contributed by atoms with Crippen molar-refractivity contribution >= 4 is 11.6 Å². The van der Waals surface area contributed by atoms with Crippen LogP contribution in [-0.4, -0.2) is 25.7 Å². The number of ether oxygens (including phenoxy) is 1. The van der Waals surface area contributed by atoms with Crippen LogP contribution in [0.25, 0.3) is 0 Å². The third kappa shape index (κ3) is 2.07. The van der Waals surface area contributed by atoms with Crippen LogP contribution in [0.3, 0.4) is 0 Å². The van der Waals surface area contributed by atoms with Gasteiger partial charge in [-0.2, -0.15) is 0 Å². The van der Waals surface area contributed by atoms with Gasteiger partial charge in [0.05, 0.1) is 6.42 Å². The van der Waals surface area contributed by atoms with E-state index in [2.05, 4.69) is 12.1 Å². The Morgan fingerprint density at radius 3 is 2.82 bits per heavy atom. The molecule has 2 heterocycles. The van der Waals surface area contributed by atoms with E-state index in [0.29, 0.717) is 12.3 Å². The van der Waals surface area contributed by atoms with Gasteiger partial charge in [-0.1, -0.05) is 18.2 Å². The SMILES string of the molecule is O=C1Cc2ccccc2N1CC1CCOCC1. The second-order valence-corrected chi connectivity index (χ2v) is 4.87. The van der Waals surface area contributed by atoms with E-state index < -0.39 is 0 Å². The van der Waals surface area contributed by atoms with Gasteiger partial charge in [0.15, 0.2) is 0 Å². The van der Waals surface area contributed by atoms with Gasteiger partial charge < -0.3 is 9.64 Å². The number of benzene rings is 1. The Morgan fingerprint density at radius 1 is 1.24 bits per heavy atom. The van der Waals surface area contributed by atoms with Gasteiger partial charge in [0.2, 0.25) is 5.91 Å². The number of hydrogen-bond acceptors (Lipinski definition) is 2. The van der Waals surface area contributed by atoms with E-state index in [1.807, 2.05) is 17.0 Å². The summed E-state index contributed by atoms with van der Waals surface area (Å²) >= 11 is 0. The molecule has 1 amide bonds. The summed E-state index contributed by atoms with van der Waals surface area (Å²) in [6.07, 6.45) is 2.72. The molecule has 0 radical (unpaired) electrons. The maximum atomic E-state index is 12.0. The minimum atomic E-state index is 0.248. The fourth-order valence-electron chi connectivity index (χ4n) is 2.70. The number of fused-ring (bicyclic) bond motifs is 1. The van der Waals surface area contributed by atoms with Gasteiger partial charge in [-0.15, -0.1) is 0 Å². The third-order valence-electron chi connectivity index (χ3n) is 3.71. The molecular weight excluding hydrogens is 214 g/mol. The molecule has 2 aliphatic rings. The van der Waals surface area contributed by atoms with Crippen LogP contribution in [0, 0.1) is 5.92 Å². The molecule has 1 aromatic carbocycles. The zero-order valence-corrected chi connectivity index (χ0v) is 9.89. The van der Waals surface area contributed by atoms with Crippen LogP contribution in [0.4, 0.5) is 5.69 Å². The van der Waals surface area contributed by atoms with Gasteiger partial charge in [-0.3, -0.25) is 4.79 Å². The van der Waals surface area contributed by atoms with E-state index in [1.54, 1.807) is 0 Å². The maximum Gasteiger partial charge on any atom is 0.231 e. The lowest BCUT2D eigenvalue weighted by atomic mass is 10.00. The van der Waals surface area contributed by atoms with E-state index in [0.717, 1.165) is 38.3 Å². The van der Waals surface area contributed by atoms with Crippen molar-refractivity contribution in [2.45, 2.75) is 19.3 Å². The second kappa shape index (κ2) is 4.49. The molecule has 0 N–H and O–H groups in total. The summed E-state index contributed by atoms with van der Waals surface area (Å²) < 4.78 is 5.36. The Bertz CT molecular complexity index is 424. The second-order valence-electron chi connectivity index (χ2n) is 4.87. The number of anilines is 1. The molecule has 0 aliphatic carbocycles. The normalized spacial score (nSPS) is 20.7. The van der Waals surface area contributed by atoms with Gasteiger partial charge >= 0.3 is 0 Å². The van der Waals surface area contributed by atoms with E-state index in [9.17, 15) is 4.79 Å². The summed E-state index contributed by atoms with van der Waals surface area (Å²) in [6.45, 7) is 2.54. The summed E-state index contributed by atoms with van der Waals surface area (Å²) in [4.78, 5) is 14.0. The van der Waals surface area contributed by atoms with Crippen molar-refractivity contribution in [3.05, 3.63) is 29.8 Å².